The summed E-state index contributed by atoms with van der Waals surface area (Å²) < 4.78 is 54.4. The maximum atomic E-state index is 12.7. The highest BCUT2D eigenvalue weighted by atomic mass is 35.5. The van der Waals surface area contributed by atoms with E-state index in [1.54, 1.807) is 6.07 Å². The third-order valence-corrected chi connectivity index (χ3v) is 6.16. The molecule has 1 amide bonds. The zero-order valence-electron chi connectivity index (χ0n) is 22.2. The number of nitrogens with one attached hydrogen (secondary N) is 1. The van der Waals surface area contributed by atoms with Gasteiger partial charge in [0.05, 0.1) is 23.6 Å². The first-order chi connectivity index (χ1) is 19.3. The molecule has 3 aromatic rings. The minimum atomic E-state index is -4.81. The molecule has 2 aromatic carbocycles. The molecule has 1 aromatic heterocycles. The zero-order valence-corrected chi connectivity index (χ0v) is 23.0. The molecule has 4 rings (SSSR count). The molecule has 0 radical (unpaired) electrons. The standard InChI is InChI=1S/C19H20N4O3.C9H6F4O2.ClH/c1-3-8-26-19(25)13-4-5-14-12(11(13)2)6-7-15(14)23-18(24)16-9-17(20)22-10-21-16;10-7-2-1-5(4-8(14)15)3-6(7)9(11,12)13;/h3-5,9-10,15H,1,6-8H2,2H3,(H,23,24)(H2,20,21,22);1-3H,4H2,(H,14,15);1H/t15-;;/m0../s1. The third-order valence-electron chi connectivity index (χ3n) is 6.16. The van der Waals surface area contributed by atoms with Gasteiger partial charge in [-0.3, -0.25) is 9.59 Å². The van der Waals surface area contributed by atoms with Crippen molar-refractivity contribution < 1.29 is 41.8 Å². The number of anilines is 1. The predicted molar refractivity (Wildman–Crippen MR) is 147 cm³/mol. The highest BCUT2D eigenvalue weighted by Crippen LogP contribution is 2.35. The van der Waals surface area contributed by atoms with Gasteiger partial charge in [-0.15, -0.1) is 12.4 Å². The first-order valence-corrected chi connectivity index (χ1v) is 12.2. The van der Waals surface area contributed by atoms with Crippen molar-refractivity contribution >= 4 is 36.1 Å². The molecular formula is C28H27ClF4N4O5. The van der Waals surface area contributed by atoms with E-state index in [1.165, 1.54) is 18.5 Å². The Labute approximate surface area is 244 Å². The quantitative estimate of drug-likeness (QED) is 0.192. The van der Waals surface area contributed by atoms with Gasteiger partial charge in [0.1, 0.15) is 30.3 Å². The Kier molecular flexibility index (Phi) is 11.5. The number of halogens is 5. The number of benzene rings is 2. The van der Waals surface area contributed by atoms with Crippen LogP contribution in [0.1, 0.15) is 61.1 Å². The zero-order chi connectivity index (χ0) is 30.3. The van der Waals surface area contributed by atoms with Crippen molar-refractivity contribution in [2.24, 2.45) is 0 Å². The maximum absolute atomic E-state index is 12.7. The molecule has 0 saturated heterocycles. The molecule has 14 heteroatoms. The number of hydrogen-bond donors (Lipinski definition) is 3. The lowest BCUT2D eigenvalue weighted by atomic mass is 9.98. The van der Waals surface area contributed by atoms with Gasteiger partial charge in [-0.2, -0.15) is 13.2 Å². The first-order valence-electron chi connectivity index (χ1n) is 12.2. The van der Waals surface area contributed by atoms with E-state index in [0.29, 0.717) is 17.7 Å². The van der Waals surface area contributed by atoms with Crippen LogP contribution in [0.5, 0.6) is 0 Å². The van der Waals surface area contributed by atoms with Gasteiger partial charge in [-0.25, -0.2) is 19.2 Å². The second-order valence-corrected chi connectivity index (χ2v) is 8.97. The Hall–Kier alpha value is -4.52. The van der Waals surface area contributed by atoms with E-state index in [1.807, 2.05) is 13.0 Å². The Bertz CT molecular complexity index is 1480. The molecule has 4 N–H and O–H groups in total. The number of amides is 1. The topological polar surface area (TPSA) is 144 Å². The monoisotopic (exact) mass is 610 g/mol. The first kappa shape index (κ1) is 33.7. The average molecular weight is 611 g/mol. The number of fused-ring (bicyclic) bond motifs is 1. The summed E-state index contributed by atoms with van der Waals surface area (Å²) in [6, 6.07) is 7.05. The van der Waals surface area contributed by atoms with Crippen LogP contribution >= 0.6 is 12.4 Å². The molecule has 42 heavy (non-hydrogen) atoms. The fraction of sp³-hybridized carbons (Fsp3) is 0.250. The van der Waals surface area contributed by atoms with Gasteiger partial charge in [0.25, 0.3) is 5.91 Å². The summed E-state index contributed by atoms with van der Waals surface area (Å²) in [6.07, 6.45) is -1.04. The summed E-state index contributed by atoms with van der Waals surface area (Å²) >= 11 is 0. The second kappa shape index (κ2) is 14.4. The van der Waals surface area contributed by atoms with Crippen molar-refractivity contribution in [2.75, 3.05) is 12.3 Å². The van der Waals surface area contributed by atoms with Crippen molar-refractivity contribution in [2.45, 2.75) is 38.4 Å². The van der Waals surface area contributed by atoms with E-state index in [-0.39, 0.29) is 54.0 Å². The highest BCUT2D eigenvalue weighted by Gasteiger charge is 2.34. The number of ether oxygens (including phenoxy) is 1. The molecule has 0 unspecified atom stereocenters. The van der Waals surface area contributed by atoms with Crippen LogP contribution in [0.4, 0.5) is 23.4 Å². The third kappa shape index (κ3) is 8.49. The number of nitrogens with zero attached hydrogens (tertiary/aromatic N) is 2. The lowest BCUT2D eigenvalue weighted by Crippen LogP contribution is -2.28. The maximum Gasteiger partial charge on any atom is 0.419 e. The van der Waals surface area contributed by atoms with Gasteiger partial charge < -0.3 is 20.9 Å². The average Bonchev–Trinajstić information content (AvgIpc) is 3.31. The summed E-state index contributed by atoms with van der Waals surface area (Å²) in [5, 5.41) is 11.3. The van der Waals surface area contributed by atoms with Gasteiger partial charge in [-0.1, -0.05) is 24.8 Å². The van der Waals surface area contributed by atoms with Crippen LogP contribution in [0.25, 0.3) is 0 Å². The van der Waals surface area contributed by atoms with Crippen LogP contribution in [0.3, 0.4) is 0 Å². The van der Waals surface area contributed by atoms with E-state index in [0.717, 1.165) is 35.6 Å². The molecule has 9 nitrogen and oxygen atoms in total. The Morgan fingerprint density at radius 2 is 1.90 bits per heavy atom. The lowest BCUT2D eigenvalue weighted by molar-refractivity contribution is -0.140. The number of carboxylic acids is 1. The van der Waals surface area contributed by atoms with Crippen LogP contribution in [-0.2, 0) is 28.5 Å². The predicted octanol–water partition coefficient (Wildman–Crippen LogP) is 5.02. The molecule has 0 fully saturated rings. The minimum Gasteiger partial charge on any atom is -0.481 e. The van der Waals surface area contributed by atoms with Crippen LogP contribution in [-0.4, -0.2) is 39.5 Å². The molecule has 0 bridgehead atoms. The Balaban J connectivity index is 0.000000330. The lowest BCUT2D eigenvalue weighted by Gasteiger charge is -2.15. The molecule has 0 saturated carbocycles. The molecule has 1 atom stereocenters. The smallest absolute Gasteiger partial charge is 0.419 e. The van der Waals surface area contributed by atoms with E-state index in [4.69, 9.17) is 15.6 Å². The van der Waals surface area contributed by atoms with E-state index in [2.05, 4.69) is 21.9 Å². The summed E-state index contributed by atoms with van der Waals surface area (Å²) in [5.74, 6) is -3.10. The normalized spacial score (nSPS) is 13.5. The molecule has 1 aliphatic carbocycles. The fourth-order valence-electron chi connectivity index (χ4n) is 4.27. The molecule has 224 valence electrons. The van der Waals surface area contributed by atoms with Crippen molar-refractivity contribution in [1.29, 1.82) is 0 Å². The summed E-state index contributed by atoms with van der Waals surface area (Å²) in [6.45, 7) is 5.62. The van der Waals surface area contributed by atoms with Crippen LogP contribution < -0.4 is 11.1 Å². The van der Waals surface area contributed by atoms with Crippen molar-refractivity contribution in [3.8, 4) is 0 Å². The van der Waals surface area contributed by atoms with Crippen LogP contribution in [0.2, 0.25) is 0 Å². The Morgan fingerprint density at radius 1 is 1.19 bits per heavy atom. The Morgan fingerprint density at radius 3 is 2.52 bits per heavy atom. The molecule has 0 aliphatic heterocycles. The van der Waals surface area contributed by atoms with Crippen molar-refractivity contribution in [3.05, 3.63) is 100 Å². The number of carbonyl (C=O) groups excluding carboxylic acids is 2. The van der Waals surface area contributed by atoms with Crippen LogP contribution in [0.15, 0.2) is 55.4 Å². The number of rotatable bonds is 7. The van der Waals surface area contributed by atoms with Gasteiger partial charge >= 0.3 is 18.1 Å². The fourth-order valence-corrected chi connectivity index (χ4v) is 4.27. The number of esters is 1. The van der Waals surface area contributed by atoms with Gasteiger partial charge in [0.15, 0.2) is 0 Å². The number of alkyl halides is 3. The second-order valence-electron chi connectivity index (χ2n) is 8.97. The number of hydrogen-bond acceptors (Lipinski definition) is 7. The van der Waals surface area contributed by atoms with E-state index >= 15 is 0 Å². The number of carboxylic acid groups (broad SMARTS) is 1. The molecule has 0 spiro atoms. The van der Waals surface area contributed by atoms with Gasteiger partial charge in [0, 0.05) is 6.07 Å². The number of aromatic nitrogens is 2. The molecular weight excluding hydrogens is 584 g/mol. The number of nitrogens with two attached hydrogens (primary N) is 1. The molecule has 1 aliphatic rings. The minimum absolute atomic E-state index is 0. The van der Waals surface area contributed by atoms with Crippen LogP contribution in [0, 0.1) is 12.7 Å². The summed E-state index contributed by atoms with van der Waals surface area (Å²) in [4.78, 5) is 42.5. The van der Waals surface area contributed by atoms with E-state index in [9.17, 15) is 31.9 Å². The molecule has 1 heterocycles. The van der Waals surface area contributed by atoms with Crippen molar-refractivity contribution in [1.82, 2.24) is 15.3 Å². The highest BCUT2D eigenvalue weighted by molar-refractivity contribution is 5.94. The van der Waals surface area contributed by atoms with E-state index < -0.39 is 29.9 Å². The number of nitrogen functional groups attached to an aromatic ring is 1. The van der Waals surface area contributed by atoms with Gasteiger partial charge in [0.2, 0.25) is 0 Å². The summed E-state index contributed by atoms with van der Waals surface area (Å²) in [5.41, 5.74) is 7.82. The largest absolute Gasteiger partial charge is 0.481 e. The number of aliphatic carboxylic acids is 1. The van der Waals surface area contributed by atoms with Crippen molar-refractivity contribution in [3.63, 3.8) is 0 Å². The number of carbonyl (C=O) groups is 3. The SMILES string of the molecule is C=CCOC(=O)c1ccc2c(c1C)CC[C@@H]2NC(=O)c1cc(N)ncn1.Cl.O=C(O)Cc1ccc(F)c(C(F)(F)F)c1. The summed E-state index contributed by atoms with van der Waals surface area (Å²) in [7, 11) is 0. The van der Waals surface area contributed by atoms with Gasteiger partial charge in [-0.05, 0) is 60.2 Å².